The van der Waals surface area contributed by atoms with E-state index >= 15 is 0 Å². The summed E-state index contributed by atoms with van der Waals surface area (Å²) in [4.78, 5) is 9.37. The first-order valence-electron chi connectivity index (χ1n) is 9.96. The minimum atomic E-state index is 0.361. The average molecular weight is 378 g/mol. The second kappa shape index (κ2) is 6.85. The number of furan rings is 1. The zero-order valence-electron chi connectivity index (χ0n) is 16.8. The fraction of sp³-hybridized carbons (Fsp3) is 0.154. The predicted octanol–water partition coefficient (Wildman–Crippen LogP) is 7.14. The van der Waals surface area contributed by atoms with Crippen LogP contribution in [0.3, 0.4) is 0 Å². The molecule has 5 aromatic rings. The third-order valence-electron chi connectivity index (χ3n) is 5.40. The maximum atomic E-state index is 6.24. The molecule has 3 heteroatoms. The Morgan fingerprint density at radius 1 is 0.828 bits per heavy atom. The Kier molecular flexibility index (Phi) is 4.17. The standard InChI is InChI=1S/C26H22N2O/c1-16(2)23-12-11-21-20-5-4-6-22(25(20)29-26(21)28-23)24-15-19(13-14-27-24)18-9-7-17(3)8-10-18/h4-16H,1-3H3. The number of pyridine rings is 2. The molecule has 3 nitrogen and oxygen atoms in total. The number of nitrogens with zero attached hydrogens (tertiary/aromatic N) is 2. The van der Waals surface area contributed by atoms with Crippen LogP contribution >= 0.6 is 0 Å². The minimum absolute atomic E-state index is 0.361. The van der Waals surface area contributed by atoms with E-state index in [1.54, 1.807) is 0 Å². The first-order chi connectivity index (χ1) is 14.1. The molecule has 0 radical (unpaired) electrons. The van der Waals surface area contributed by atoms with Crippen molar-refractivity contribution in [1.82, 2.24) is 9.97 Å². The van der Waals surface area contributed by atoms with Gasteiger partial charge in [0.1, 0.15) is 5.58 Å². The van der Waals surface area contributed by atoms with Gasteiger partial charge < -0.3 is 4.42 Å². The maximum Gasteiger partial charge on any atom is 0.227 e. The summed E-state index contributed by atoms with van der Waals surface area (Å²) in [5, 5.41) is 2.11. The highest BCUT2D eigenvalue weighted by Crippen LogP contribution is 2.36. The molecule has 0 aliphatic carbocycles. The van der Waals surface area contributed by atoms with Crippen molar-refractivity contribution >= 4 is 22.1 Å². The summed E-state index contributed by atoms with van der Waals surface area (Å²) in [7, 11) is 0. The Labute approximate surface area is 170 Å². The van der Waals surface area contributed by atoms with Crippen LogP contribution in [-0.4, -0.2) is 9.97 Å². The van der Waals surface area contributed by atoms with Crippen LogP contribution in [0.4, 0.5) is 0 Å². The van der Waals surface area contributed by atoms with Crippen LogP contribution in [0.25, 0.3) is 44.5 Å². The van der Waals surface area contributed by atoms with Gasteiger partial charge in [0.25, 0.3) is 0 Å². The fourth-order valence-electron chi connectivity index (χ4n) is 3.72. The highest BCUT2D eigenvalue weighted by Gasteiger charge is 2.15. The number of para-hydroxylation sites is 1. The molecule has 0 atom stereocenters. The van der Waals surface area contributed by atoms with Crippen molar-refractivity contribution in [3.05, 3.63) is 84.2 Å². The van der Waals surface area contributed by atoms with Crippen LogP contribution in [0.15, 0.2) is 77.3 Å². The van der Waals surface area contributed by atoms with Gasteiger partial charge in [0.15, 0.2) is 0 Å². The van der Waals surface area contributed by atoms with E-state index in [1.807, 2.05) is 12.3 Å². The summed E-state index contributed by atoms with van der Waals surface area (Å²) >= 11 is 0. The van der Waals surface area contributed by atoms with Gasteiger partial charge in [-0.1, -0.05) is 55.8 Å². The highest BCUT2D eigenvalue weighted by atomic mass is 16.3. The molecule has 0 unspecified atom stereocenters. The molecule has 0 saturated carbocycles. The third kappa shape index (κ3) is 3.09. The van der Waals surface area contributed by atoms with Gasteiger partial charge in [0.2, 0.25) is 5.71 Å². The fourth-order valence-corrected chi connectivity index (χ4v) is 3.72. The lowest BCUT2D eigenvalue weighted by Gasteiger charge is -2.06. The number of hydrogen-bond donors (Lipinski definition) is 0. The first-order valence-corrected chi connectivity index (χ1v) is 9.96. The predicted molar refractivity (Wildman–Crippen MR) is 119 cm³/mol. The SMILES string of the molecule is Cc1ccc(-c2ccnc(-c3cccc4c3oc3nc(C(C)C)ccc34)c2)cc1. The van der Waals surface area contributed by atoms with Crippen molar-refractivity contribution in [2.75, 3.05) is 0 Å². The first kappa shape index (κ1) is 17.6. The topological polar surface area (TPSA) is 38.9 Å². The highest BCUT2D eigenvalue weighted by molar-refractivity contribution is 6.08. The molecule has 0 saturated heterocycles. The summed E-state index contributed by atoms with van der Waals surface area (Å²) in [6, 6.07) is 23.1. The summed E-state index contributed by atoms with van der Waals surface area (Å²) in [6.07, 6.45) is 1.86. The maximum absolute atomic E-state index is 6.24. The van der Waals surface area contributed by atoms with Gasteiger partial charge >= 0.3 is 0 Å². The van der Waals surface area contributed by atoms with E-state index in [2.05, 4.69) is 86.4 Å². The Hall–Kier alpha value is -3.46. The molecule has 0 N–H and O–H groups in total. The quantitative estimate of drug-likeness (QED) is 0.335. The smallest absolute Gasteiger partial charge is 0.227 e. The summed E-state index contributed by atoms with van der Waals surface area (Å²) in [6.45, 7) is 6.38. The van der Waals surface area contributed by atoms with Crippen LogP contribution in [0.5, 0.6) is 0 Å². The van der Waals surface area contributed by atoms with Crippen molar-refractivity contribution in [1.29, 1.82) is 0 Å². The van der Waals surface area contributed by atoms with E-state index < -0.39 is 0 Å². The zero-order valence-corrected chi connectivity index (χ0v) is 16.8. The zero-order chi connectivity index (χ0) is 20.0. The normalized spacial score (nSPS) is 11.6. The van der Waals surface area contributed by atoms with Gasteiger partial charge in [-0.3, -0.25) is 4.98 Å². The number of fused-ring (bicyclic) bond motifs is 3. The van der Waals surface area contributed by atoms with Gasteiger partial charge in [-0.25, -0.2) is 4.98 Å². The molecule has 5 rings (SSSR count). The minimum Gasteiger partial charge on any atom is -0.437 e. The Morgan fingerprint density at radius 3 is 2.45 bits per heavy atom. The van der Waals surface area contributed by atoms with Gasteiger partial charge in [-0.15, -0.1) is 0 Å². The van der Waals surface area contributed by atoms with Crippen LogP contribution in [0, 0.1) is 6.92 Å². The van der Waals surface area contributed by atoms with Crippen molar-refractivity contribution in [2.45, 2.75) is 26.7 Å². The molecule has 3 heterocycles. The summed E-state index contributed by atoms with van der Waals surface area (Å²) in [5.74, 6) is 0.361. The van der Waals surface area contributed by atoms with Crippen LogP contribution in [0.2, 0.25) is 0 Å². The molecule has 29 heavy (non-hydrogen) atoms. The number of rotatable bonds is 3. The molecular weight excluding hydrogens is 356 g/mol. The van der Waals surface area contributed by atoms with E-state index in [4.69, 9.17) is 9.40 Å². The van der Waals surface area contributed by atoms with Gasteiger partial charge in [0.05, 0.1) is 5.69 Å². The molecule has 0 fully saturated rings. The molecule has 0 aliphatic rings. The number of aromatic nitrogens is 2. The Bertz CT molecular complexity index is 1330. The van der Waals surface area contributed by atoms with E-state index in [9.17, 15) is 0 Å². The van der Waals surface area contributed by atoms with Gasteiger partial charge in [-0.05, 0) is 54.3 Å². The lowest BCUT2D eigenvalue weighted by Crippen LogP contribution is -1.90. The molecule has 0 spiro atoms. The molecule has 2 aromatic carbocycles. The van der Waals surface area contributed by atoms with E-state index in [0.29, 0.717) is 11.6 Å². The second-order valence-electron chi connectivity index (χ2n) is 7.82. The Morgan fingerprint density at radius 2 is 1.66 bits per heavy atom. The monoisotopic (exact) mass is 378 g/mol. The van der Waals surface area contributed by atoms with Crippen molar-refractivity contribution in [3.8, 4) is 22.4 Å². The summed E-state index contributed by atoms with van der Waals surface area (Å²) in [5.41, 5.74) is 8.03. The number of benzene rings is 2. The third-order valence-corrected chi connectivity index (χ3v) is 5.40. The molecule has 3 aromatic heterocycles. The largest absolute Gasteiger partial charge is 0.437 e. The van der Waals surface area contributed by atoms with E-state index in [1.165, 1.54) is 11.1 Å². The number of hydrogen-bond acceptors (Lipinski definition) is 3. The van der Waals surface area contributed by atoms with Crippen molar-refractivity contribution < 1.29 is 4.42 Å². The lowest BCUT2D eigenvalue weighted by atomic mass is 10.0. The van der Waals surface area contributed by atoms with Crippen LogP contribution < -0.4 is 0 Å². The molecule has 0 aliphatic heterocycles. The van der Waals surface area contributed by atoms with E-state index in [0.717, 1.165) is 38.9 Å². The van der Waals surface area contributed by atoms with Crippen LogP contribution in [0.1, 0.15) is 31.0 Å². The van der Waals surface area contributed by atoms with Gasteiger partial charge in [-0.2, -0.15) is 0 Å². The average Bonchev–Trinajstić information content (AvgIpc) is 3.12. The van der Waals surface area contributed by atoms with E-state index in [-0.39, 0.29) is 0 Å². The number of aryl methyl sites for hydroxylation is 1. The van der Waals surface area contributed by atoms with Gasteiger partial charge in [0, 0.05) is 28.2 Å². The lowest BCUT2D eigenvalue weighted by molar-refractivity contribution is 0.648. The molecule has 142 valence electrons. The van der Waals surface area contributed by atoms with Crippen molar-refractivity contribution in [3.63, 3.8) is 0 Å². The second-order valence-corrected chi connectivity index (χ2v) is 7.82. The Balaban J connectivity index is 1.68. The van der Waals surface area contributed by atoms with Crippen molar-refractivity contribution in [2.24, 2.45) is 0 Å². The summed E-state index contributed by atoms with van der Waals surface area (Å²) < 4.78 is 6.24. The molecule has 0 amide bonds. The van der Waals surface area contributed by atoms with Crippen LogP contribution in [-0.2, 0) is 0 Å². The molecular formula is C26H22N2O. The molecule has 0 bridgehead atoms.